The fourth-order valence-corrected chi connectivity index (χ4v) is 3.53. The molecule has 4 heteroatoms. The molecule has 0 unspecified atom stereocenters. The van der Waals surface area contributed by atoms with E-state index >= 15 is 0 Å². The van der Waals surface area contributed by atoms with Gasteiger partial charge in [-0.05, 0) is 30.5 Å². The molecule has 2 aliphatic rings. The number of carboxylic acids is 1. The summed E-state index contributed by atoms with van der Waals surface area (Å²) in [6.45, 7) is 3.97. The number of aliphatic carboxylic acids is 1. The molecule has 0 spiro atoms. The Morgan fingerprint density at radius 3 is 2.55 bits per heavy atom. The van der Waals surface area contributed by atoms with Crippen LogP contribution < -0.4 is 10.2 Å². The molecule has 0 aromatic heterocycles. The molecular formula is C16H22N2O2. The maximum atomic E-state index is 11.8. The number of benzene rings is 1. The van der Waals surface area contributed by atoms with Crippen LogP contribution in [0.15, 0.2) is 24.3 Å². The molecule has 1 aromatic carbocycles. The Labute approximate surface area is 119 Å². The van der Waals surface area contributed by atoms with Gasteiger partial charge in [0.25, 0.3) is 0 Å². The zero-order valence-electron chi connectivity index (χ0n) is 11.8. The van der Waals surface area contributed by atoms with Crippen molar-refractivity contribution in [3.8, 4) is 0 Å². The zero-order valence-corrected chi connectivity index (χ0v) is 11.8. The van der Waals surface area contributed by atoms with Crippen LogP contribution in [0.5, 0.6) is 0 Å². The average molecular weight is 274 g/mol. The first-order valence-electron chi connectivity index (χ1n) is 7.52. The van der Waals surface area contributed by atoms with E-state index in [2.05, 4.69) is 22.3 Å². The number of piperazine rings is 1. The standard InChI is InChI=1S/C16H22N2O2/c19-15(20)16(6-1-2-7-16)13-4-3-5-14(12-13)18-10-8-17-9-11-18/h3-5,12,17H,1-2,6-11H2,(H,19,20). The van der Waals surface area contributed by atoms with E-state index in [1.54, 1.807) is 0 Å². The van der Waals surface area contributed by atoms with Crippen molar-refractivity contribution < 1.29 is 9.90 Å². The Balaban J connectivity index is 1.91. The highest BCUT2D eigenvalue weighted by Crippen LogP contribution is 2.42. The fraction of sp³-hybridized carbons (Fsp3) is 0.562. The van der Waals surface area contributed by atoms with Gasteiger partial charge in [-0.1, -0.05) is 25.0 Å². The lowest BCUT2D eigenvalue weighted by atomic mass is 9.79. The number of carboxylic acid groups (broad SMARTS) is 1. The molecule has 0 radical (unpaired) electrons. The molecular weight excluding hydrogens is 252 g/mol. The van der Waals surface area contributed by atoms with E-state index in [-0.39, 0.29) is 0 Å². The van der Waals surface area contributed by atoms with E-state index in [1.807, 2.05) is 12.1 Å². The number of hydrogen-bond donors (Lipinski definition) is 2. The van der Waals surface area contributed by atoms with E-state index in [4.69, 9.17) is 0 Å². The predicted octanol–water partition coefficient (Wildman–Crippen LogP) is 1.99. The van der Waals surface area contributed by atoms with Crippen LogP contribution in [-0.4, -0.2) is 37.3 Å². The minimum atomic E-state index is -0.660. The predicted molar refractivity (Wildman–Crippen MR) is 79.3 cm³/mol. The van der Waals surface area contributed by atoms with Crippen LogP contribution in [0.25, 0.3) is 0 Å². The molecule has 1 aliphatic heterocycles. The molecule has 1 aliphatic carbocycles. The smallest absolute Gasteiger partial charge is 0.314 e. The van der Waals surface area contributed by atoms with Crippen molar-refractivity contribution in [1.82, 2.24) is 5.32 Å². The summed E-state index contributed by atoms with van der Waals surface area (Å²) < 4.78 is 0. The van der Waals surface area contributed by atoms with Gasteiger partial charge in [0, 0.05) is 31.9 Å². The molecule has 1 aromatic rings. The summed E-state index contributed by atoms with van der Waals surface area (Å²) in [6, 6.07) is 8.20. The second-order valence-corrected chi connectivity index (χ2v) is 5.88. The number of nitrogens with one attached hydrogen (secondary N) is 1. The molecule has 1 saturated carbocycles. The number of carbonyl (C=O) groups is 1. The lowest BCUT2D eigenvalue weighted by molar-refractivity contribution is -0.143. The van der Waals surface area contributed by atoms with Crippen LogP contribution in [-0.2, 0) is 10.2 Å². The summed E-state index contributed by atoms with van der Waals surface area (Å²) >= 11 is 0. The van der Waals surface area contributed by atoms with E-state index in [0.29, 0.717) is 0 Å². The van der Waals surface area contributed by atoms with E-state index < -0.39 is 11.4 Å². The lowest BCUT2D eigenvalue weighted by Crippen LogP contribution is -2.43. The SMILES string of the molecule is O=C(O)C1(c2cccc(N3CCNCC3)c2)CCCC1. The van der Waals surface area contributed by atoms with Crippen LogP contribution in [0.4, 0.5) is 5.69 Å². The highest BCUT2D eigenvalue weighted by molar-refractivity contribution is 5.82. The summed E-state index contributed by atoms with van der Waals surface area (Å²) in [6.07, 6.45) is 3.58. The van der Waals surface area contributed by atoms with Crippen molar-refractivity contribution in [3.63, 3.8) is 0 Å². The van der Waals surface area contributed by atoms with Crippen LogP contribution in [0.1, 0.15) is 31.2 Å². The van der Waals surface area contributed by atoms with Crippen molar-refractivity contribution in [2.75, 3.05) is 31.1 Å². The minimum absolute atomic E-state index is 0.649. The maximum Gasteiger partial charge on any atom is 0.314 e. The third-order valence-corrected chi connectivity index (χ3v) is 4.75. The van der Waals surface area contributed by atoms with Gasteiger partial charge in [-0.3, -0.25) is 4.79 Å². The van der Waals surface area contributed by atoms with Gasteiger partial charge in [0.05, 0.1) is 5.41 Å². The number of rotatable bonds is 3. The Morgan fingerprint density at radius 1 is 1.20 bits per heavy atom. The largest absolute Gasteiger partial charge is 0.481 e. The van der Waals surface area contributed by atoms with Crippen molar-refractivity contribution in [2.45, 2.75) is 31.1 Å². The Hall–Kier alpha value is -1.55. The van der Waals surface area contributed by atoms with E-state index in [0.717, 1.165) is 63.1 Å². The summed E-state index contributed by atoms with van der Waals surface area (Å²) in [5, 5.41) is 13.0. The molecule has 1 saturated heterocycles. The van der Waals surface area contributed by atoms with E-state index in [9.17, 15) is 9.90 Å². The van der Waals surface area contributed by atoms with Gasteiger partial charge in [0.1, 0.15) is 0 Å². The monoisotopic (exact) mass is 274 g/mol. The third kappa shape index (κ3) is 2.29. The Bertz CT molecular complexity index is 489. The molecule has 1 heterocycles. The average Bonchev–Trinajstić information content (AvgIpc) is 2.99. The van der Waals surface area contributed by atoms with Gasteiger partial charge < -0.3 is 15.3 Å². The van der Waals surface area contributed by atoms with Gasteiger partial charge in [0.2, 0.25) is 0 Å². The minimum Gasteiger partial charge on any atom is -0.481 e. The Kier molecular flexibility index (Phi) is 3.66. The first-order valence-corrected chi connectivity index (χ1v) is 7.52. The second-order valence-electron chi connectivity index (χ2n) is 5.88. The maximum absolute atomic E-state index is 11.8. The normalized spacial score (nSPS) is 21.9. The molecule has 20 heavy (non-hydrogen) atoms. The third-order valence-electron chi connectivity index (χ3n) is 4.75. The molecule has 0 atom stereocenters. The molecule has 0 amide bonds. The number of hydrogen-bond acceptors (Lipinski definition) is 3. The molecule has 2 fully saturated rings. The molecule has 0 bridgehead atoms. The molecule has 3 rings (SSSR count). The first kappa shape index (κ1) is 13.4. The quantitative estimate of drug-likeness (QED) is 0.885. The van der Waals surface area contributed by atoms with Gasteiger partial charge in [-0.25, -0.2) is 0 Å². The summed E-state index contributed by atoms with van der Waals surface area (Å²) in [4.78, 5) is 14.1. The van der Waals surface area contributed by atoms with Crippen LogP contribution in [0.2, 0.25) is 0 Å². The van der Waals surface area contributed by atoms with Crippen molar-refractivity contribution in [3.05, 3.63) is 29.8 Å². The van der Waals surface area contributed by atoms with Crippen LogP contribution in [0, 0.1) is 0 Å². The molecule has 2 N–H and O–H groups in total. The number of anilines is 1. The first-order chi connectivity index (χ1) is 9.72. The van der Waals surface area contributed by atoms with Gasteiger partial charge >= 0.3 is 5.97 Å². The van der Waals surface area contributed by atoms with Crippen LogP contribution in [0.3, 0.4) is 0 Å². The summed E-state index contributed by atoms with van der Waals surface area (Å²) in [7, 11) is 0. The van der Waals surface area contributed by atoms with Crippen molar-refractivity contribution in [2.24, 2.45) is 0 Å². The summed E-state index contributed by atoms with van der Waals surface area (Å²) in [5.41, 5.74) is 1.50. The summed E-state index contributed by atoms with van der Waals surface area (Å²) in [5.74, 6) is -0.660. The molecule has 4 nitrogen and oxygen atoms in total. The number of nitrogens with zero attached hydrogens (tertiary/aromatic N) is 1. The topological polar surface area (TPSA) is 52.6 Å². The van der Waals surface area contributed by atoms with E-state index in [1.165, 1.54) is 0 Å². The highest BCUT2D eigenvalue weighted by atomic mass is 16.4. The van der Waals surface area contributed by atoms with Crippen LogP contribution >= 0.6 is 0 Å². The zero-order chi connectivity index (χ0) is 14.0. The van der Waals surface area contributed by atoms with Gasteiger partial charge in [0.15, 0.2) is 0 Å². The Morgan fingerprint density at radius 2 is 1.90 bits per heavy atom. The fourth-order valence-electron chi connectivity index (χ4n) is 3.53. The second kappa shape index (κ2) is 5.44. The highest BCUT2D eigenvalue weighted by Gasteiger charge is 2.43. The van der Waals surface area contributed by atoms with Crippen molar-refractivity contribution >= 4 is 11.7 Å². The van der Waals surface area contributed by atoms with Crippen molar-refractivity contribution in [1.29, 1.82) is 0 Å². The van der Waals surface area contributed by atoms with Gasteiger partial charge in [-0.2, -0.15) is 0 Å². The molecule has 108 valence electrons. The van der Waals surface area contributed by atoms with Gasteiger partial charge in [-0.15, -0.1) is 0 Å². The lowest BCUT2D eigenvalue weighted by Gasteiger charge is -2.31.